The Hall–Kier alpha value is -1.08. The molecule has 1 unspecified atom stereocenters. The number of sulfone groups is 1. The number of benzene rings is 1. The fraction of sp³-hybridized carbons (Fsp3) is 0.364. The Morgan fingerprint density at radius 2 is 2.22 bits per heavy atom. The van der Waals surface area contributed by atoms with E-state index < -0.39 is 21.1 Å². The van der Waals surface area contributed by atoms with Crippen molar-refractivity contribution in [2.75, 3.05) is 18.0 Å². The minimum atomic E-state index is -3.38. The number of carboxylic acids is 1. The first-order valence-electron chi connectivity index (χ1n) is 5.33. The van der Waals surface area contributed by atoms with Crippen LogP contribution in [0.4, 0.5) is 5.69 Å². The number of para-hydroxylation sites is 1. The molecule has 1 N–H and O–H groups in total. The zero-order valence-electron chi connectivity index (χ0n) is 9.63. The van der Waals surface area contributed by atoms with Gasteiger partial charge in [0.15, 0.2) is 9.84 Å². The van der Waals surface area contributed by atoms with E-state index in [2.05, 4.69) is 15.9 Å². The number of aliphatic carboxylic acids is 1. The van der Waals surface area contributed by atoms with Crippen molar-refractivity contribution in [2.24, 2.45) is 0 Å². The summed E-state index contributed by atoms with van der Waals surface area (Å²) in [5, 5.41) is 8.28. The van der Waals surface area contributed by atoms with Gasteiger partial charge in [-0.05, 0) is 35.0 Å². The van der Waals surface area contributed by atoms with E-state index in [0.717, 1.165) is 0 Å². The molecule has 5 nitrogen and oxygen atoms in total. The van der Waals surface area contributed by atoms with Crippen LogP contribution < -0.4 is 4.90 Å². The van der Waals surface area contributed by atoms with E-state index in [1.807, 2.05) is 0 Å². The number of fused-ring (bicyclic) bond motifs is 1. The van der Waals surface area contributed by atoms with Gasteiger partial charge in [-0.1, -0.05) is 6.07 Å². The van der Waals surface area contributed by atoms with Crippen LogP contribution >= 0.6 is 15.9 Å². The molecule has 2 rings (SSSR count). The van der Waals surface area contributed by atoms with Crippen LogP contribution in [0.15, 0.2) is 27.6 Å². The molecule has 18 heavy (non-hydrogen) atoms. The van der Waals surface area contributed by atoms with E-state index in [9.17, 15) is 13.2 Å². The van der Waals surface area contributed by atoms with Gasteiger partial charge in [0, 0.05) is 11.0 Å². The van der Waals surface area contributed by atoms with Crippen molar-refractivity contribution in [3.05, 3.63) is 22.7 Å². The van der Waals surface area contributed by atoms with Gasteiger partial charge in [-0.25, -0.2) is 8.42 Å². The molecule has 1 aromatic rings. The summed E-state index contributed by atoms with van der Waals surface area (Å²) in [6, 6.07) is 4.86. The van der Waals surface area contributed by atoms with Gasteiger partial charge in [0.2, 0.25) is 0 Å². The molecule has 0 amide bonds. The molecule has 0 aromatic heterocycles. The number of anilines is 1. The molecule has 0 aliphatic carbocycles. The number of hydrogen-bond acceptors (Lipinski definition) is 4. The smallest absolute Gasteiger partial charge is 0.323 e. The van der Waals surface area contributed by atoms with Crippen LogP contribution in [0.25, 0.3) is 0 Å². The predicted molar refractivity (Wildman–Crippen MR) is 70.6 cm³/mol. The lowest BCUT2D eigenvalue weighted by Crippen LogP contribution is -2.43. The molecule has 0 bridgehead atoms. The maximum absolute atomic E-state index is 12.2. The Labute approximate surface area is 113 Å². The quantitative estimate of drug-likeness (QED) is 0.888. The minimum Gasteiger partial charge on any atom is -0.480 e. The van der Waals surface area contributed by atoms with Crippen molar-refractivity contribution < 1.29 is 18.3 Å². The molecule has 1 heterocycles. The average molecular weight is 334 g/mol. The van der Waals surface area contributed by atoms with Gasteiger partial charge in [0.05, 0.1) is 15.8 Å². The third-order valence-corrected chi connectivity index (χ3v) is 5.70. The molecule has 1 aromatic carbocycles. The van der Waals surface area contributed by atoms with Gasteiger partial charge in [0.25, 0.3) is 0 Å². The van der Waals surface area contributed by atoms with Gasteiger partial charge in [-0.3, -0.25) is 4.79 Å². The second kappa shape index (κ2) is 4.55. The largest absolute Gasteiger partial charge is 0.480 e. The Morgan fingerprint density at radius 1 is 1.56 bits per heavy atom. The van der Waals surface area contributed by atoms with Gasteiger partial charge >= 0.3 is 5.97 Å². The molecule has 7 heteroatoms. The Morgan fingerprint density at radius 3 is 2.83 bits per heavy atom. The SMILES string of the molecule is CC1CN(CC(=O)O)c2c(Br)cccc2S1(=O)=O. The van der Waals surface area contributed by atoms with Crippen LogP contribution in [0.1, 0.15) is 6.92 Å². The average Bonchev–Trinajstić information content (AvgIpc) is 2.25. The molecular weight excluding hydrogens is 322 g/mol. The Bertz CT molecular complexity index is 599. The van der Waals surface area contributed by atoms with E-state index in [1.165, 1.54) is 6.07 Å². The molecule has 0 fully saturated rings. The highest BCUT2D eigenvalue weighted by atomic mass is 79.9. The van der Waals surface area contributed by atoms with Crippen LogP contribution in [-0.2, 0) is 14.6 Å². The molecule has 1 aliphatic heterocycles. The number of hydrogen-bond donors (Lipinski definition) is 1. The maximum atomic E-state index is 12.2. The summed E-state index contributed by atoms with van der Waals surface area (Å²) >= 11 is 3.28. The molecule has 1 atom stereocenters. The van der Waals surface area contributed by atoms with Gasteiger partial charge in [-0.15, -0.1) is 0 Å². The first-order chi connectivity index (χ1) is 8.34. The van der Waals surface area contributed by atoms with E-state index in [0.29, 0.717) is 10.2 Å². The zero-order valence-corrected chi connectivity index (χ0v) is 12.0. The van der Waals surface area contributed by atoms with E-state index in [1.54, 1.807) is 24.0 Å². The molecular formula is C11H12BrNO4S. The molecule has 0 saturated heterocycles. The second-order valence-electron chi connectivity index (χ2n) is 4.22. The lowest BCUT2D eigenvalue weighted by molar-refractivity contribution is -0.135. The van der Waals surface area contributed by atoms with Crippen LogP contribution in [0, 0.1) is 0 Å². The van der Waals surface area contributed by atoms with Gasteiger partial charge in [0.1, 0.15) is 6.54 Å². The predicted octanol–water partition coefficient (Wildman–Crippen LogP) is 1.52. The molecule has 0 radical (unpaired) electrons. The van der Waals surface area contributed by atoms with Gasteiger partial charge in [-0.2, -0.15) is 0 Å². The first kappa shape index (κ1) is 13.4. The van der Waals surface area contributed by atoms with E-state index in [4.69, 9.17) is 5.11 Å². The second-order valence-corrected chi connectivity index (χ2v) is 7.41. The zero-order chi connectivity index (χ0) is 13.5. The third kappa shape index (κ3) is 2.12. The first-order valence-corrected chi connectivity index (χ1v) is 7.67. The minimum absolute atomic E-state index is 0.185. The third-order valence-electron chi connectivity index (χ3n) is 2.91. The summed E-state index contributed by atoms with van der Waals surface area (Å²) in [7, 11) is -3.38. The summed E-state index contributed by atoms with van der Waals surface area (Å²) in [5.41, 5.74) is 0.443. The molecule has 98 valence electrons. The van der Waals surface area contributed by atoms with Crippen LogP contribution in [0.5, 0.6) is 0 Å². The number of halogens is 1. The van der Waals surface area contributed by atoms with Crippen molar-refractivity contribution in [1.82, 2.24) is 0 Å². The van der Waals surface area contributed by atoms with E-state index >= 15 is 0 Å². The highest BCUT2D eigenvalue weighted by Crippen LogP contribution is 2.38. The number of carboxylic acid groups (broad SMARTS) is 1. The van der Waals surface area contributed by atoms with Crippen molar-refractivity contribution >= 4 is 37.4 Å². The van der Waals surface area contributed by atoms with Crippen molar-refractivity contribution in [2.45, 2.75) is 17.1 Å². The lowest BCUT2D eigenvalue weighted by Gasteiger charge is -2.34. The van der Waals surface area contributed by atoms with Crippen LogP contribution in [0.3, 0.4) is 0 Å². The van der Waals surface area contributed by atoms with Crippen LogP contribution in [-0.4, -0.2) is 37.8 Å². The summed E-state index contributed by atoms with van der Waals surface area (Å²) < 4.78 is 25.0. The number of rotatable bonds is 2. The normalized spacial score (nSPS) is 21.4. The summed E-state index contributed by atoms with van der Waals surface area (Å²) in [4.78, 5) is 12.6. The monoisotopic (exact) mass is 333 g/mol. The fourth-order valence-electron chi connectivity index (χ4n) is 2.06. The van der Waals surface area contributed by atoms with Crippen molar-refractivity contribution in [3.8, 4) is 0 Å². The highest BCUT2D eigenvalue weighted by Gasteiger charge is 2.36. The summed E-state index contributed by atoms with van der Waals surface area (Å²) in [5.74, 6) is -0.983. The van der Waals surface area contributed by atoms with Crippen LogP contribution in [0.2, 0.25) is 0 Å². The Kier molecular flexibility index (Phi) is 3.37. The lowest BCUT2D eigenvalue weighted by atomic mass is 10.2. The highest BCUT2D eigenvalue weighted by molar-refractivity contribution is 9.10. The number of carbonyl (C=O) groups is 1. The van der Waals surface area contributed by atoms with Gasteiger partial charge < -0.3 is 10.0 Å². The van der Waals surface area contributed by atoms with Crippen molar-refractivity contribution in [3.63, 3.8) is 0 Å². The topological polar surface area (TPSA) is 74.7 Å². The van der Waals surface area contributed by atoms with E-state index in [-0.39, 0.29) is 18.0 Å². The molecule has 0 spiro atoms. The standard InChI is InChI=1S/C11H12BrNO4S/c1-7-5-13(6-10(14)15)11-8(12)3-2-4-9(11)18(7,16)17/h2-4,7H,5-6H2,1H3,(H,14,15). The Balaban J connectivity index is 2.62. The summed E-state index contributed by atoms with van der Waals surface area (Å²) in [6.07, 6.45) is 0. The molecule has 1 aliphatic rings. The maximum Gasteiger partial charge on any atom is 0.323 e. The summed E-state index contributed by atoms with van der Waals surface area (Å²) in [6.45, 7) is 1.56. The fourth-order valence-corrected chi connectivity index (χ4v) is 4.39. The molecule has 0 saturated carbocycles. The van der Waals surface area contributed by atoms with Crippen molar-refractivity contribution in [1.29, 1.82) is 0 Å². The number of nitrogens with zero attached hydrogens (tertiary/aromatic N) is 1.